The standard InChI is InChI=1S/C21H23BrN4O3S/c1-14(27)25-9-11-26(12-10-25)18-6-4-3-5-17(18)23-21(30)24-20(28)16-13-15(22)7-8-19(16)29-2/h3-8,13H,9-12H2,1-2H3,(H2,23,24,28,30). The van der Waals surface area contributed by atoms with Crippen molar-refractivity contribution in [3.8, 4) is 5.75 Å². The molecular formula is C21H23BrN4O3S. The fourth-order valence-electron chi connectivity index (χ4n) is 3.30. The number of thiocarbonyl (C=S) groups is 1. The van der Waals surface area contributed by atoms with Gasteiger partial charge in [-0.15, -0.1) is 0 Å². The monoisotopic (exact) mass is 490 g/mol. The van der Waals surface area contributed by atoms with Crippen molar-refractivity contribution in [2.24, 2.45) is 0 Å². The molecule has 1 aliphatic heterocycles. The Morgan fingerprint density at radius 1 is 1.10 bits per heavy atom. The van der Waals surface area contributed by atoms with Gasteiger partial charge in [0.25, 0.3) is 5.91 Å². The Hall–Kier alpha value is -2.65. The van der Waals surface area contributed by atoms with E-state index in [4.69, 9.17) is 17.0 Å². The van der Waals surface area contributed by atoms with Gasteiger partial charge in [-0.3, -0.25) is 14.9 Å². The Balaban J connectivity index is 1.69. The molecular weight excluding hydrogens is 468 g/mol. The number of methoxy groups -OCH3 is 1. The van der Waals surface area contributed by atoms with Crippen molar-refractivity contribution in [2.45, 2.75) is 6.92 Å². The molecule has 0 saturated carbocycles. The molecule has 3 rings (SSSR count). The lowest BCUT2D eigenvalue weighted by atomic mass is 10.2. The number of halogens is 1. The zero-order valence-corrected chi connectivity index (χ0v) is 19.2. The second-order valence-electron chi connectivity index (χ2n) is 6.76. The minimum absolute atomic E-state index is 0.0907. The lowest BCUT2D eigenvalue weighted by molar-refractivity contribution is -0.129. The van der Waals surface area contributed by atoms with E-state index in [1.54, 1.807) is 25.1 Å². The predicted octanol–water partition coefficient (Wildman–Crippen LogP) is 3.25. The third-order valence-corrected chi connectivity index (χ3v) is 5.55. The van der Waals surface area contributed by atoms with Crippen molar-refractivity contribution < 1.29 is 14.3 Å². The number of hydrogen-bond donors (Lipinski definition) is 2. The maximum atomic E-state index is 12.7. The fourth-order valence-corrected chi connectivity index (χ4v) is 3.86. The summed E-state index contributed by atoms with van der Waals surface area (Å²) in [7, 11) is 1.51. The van der Waals surface area contributed by atoms with E-state index in [1.165, 1.54) is 7.11 Å². The van der Waals surface area contributed by atoms with Crippen LogP contribution in [-0.2, 0) is 4.79 Å². The minimum Gasteiger partial charge on any atom is -0.496 e. The highest BCUT2D eigenvalue weighted by Gasteiger charge is 2.21. The Kier molecular flexibility index (Phi) is 7.28. The molecule has 2 aromatic rings. The van der Waals surface area contributed by atoms with Crippen LogP contribution in [0.25, 0.3) is 0 Å². The average molecular weight is 491 g/mol. The smallest absolute Gasteiger partial charge is 0.261 e. The van der Waals surface area contributed by atoms with Crippen LogP contribution in [0.5, 0.6) is 5.75 Å². The molecule has 0 radical (unpaired) electrons. The molecule has 0 bridgehead atoms. The van der Waals surface area contributed by atoms with E-state index in [-0.39, 0.29) is 16.9 Å². The third kappa shape index (κ3) is 5.28. The van der Waals surface area contributed by atoms with Gasteiger partial charge in [0.1, 0.15) is 5.75 Å². The molecule has 1 heterocycles. The molecule has 0 aromatic heterocycles. The topological polar surface area (TPSA) is 73.9 Å². The summed E-state index contributed by atoms with van der Waals surface area (Å²) in [6.07, 6.45) is 0. The fraction of sp³-hybridized carbons (Fsp3) is 0.286. The van der Waals surface area contributed by atoms with Crippen LogP contribution >= 0.6 is 28.1 Å². The Morgan fingerprint density at radius 2 is 1.80 bits per heavy atom. The van der Waals surface area contributed by atoms with Crippen LogP contribution in [0.1, 0.15) is 17.3 Å². The van der Waals surface area contributed by atoms with Gasteiger partial charge in [0.05, 0.1) is 24.0 Å². The van der Waals surface area contributed by atoms with E-state index in [2.05, 4.69) is 31.5 Å². The summed E-state index contributed by atoms with van der Waals surface area (Å²) in [4.78, 5) is 28.3. The molecule has 7 nitrogen and oxygen atoms in total. The molecule has 30 heavy (non-hydrogen) atoms. The van der Waals surface area contributed by atoms with Crippen LogP contribution in [0, 0.1) is 0 Å². The van der Waals surface area contributed by atoms with Crippen molar-refractivity contribution in [3.05, 3.63) is 52.5 Å². The Morgan fingerprint density at radius 3 is 2.47 bits per heavy atom. The lowest BCUT2D eigenvalue weighted by Crippen LogP contribution is -2.48. The molecule has 0 aliphatic carbocycles. The summed E-state index contributed by atoms with van der Waals surface area (Å²) in [6.45, 7) is 4.40. The van der Waals surface area contributed by atoms with Crippen LogP contribution in [0.2, 0.25) is 0 Å². The van der Waals surface area contributed by atoms with Gasteiger partial charge in [-0.25, -0.2) is 0 Å². The summed E-state index contributed by atoms with van der Waals surface area (Å²) in [5, 5.41) is 6.02. The SMILES string of the molecule is COc1ccc(Br)cc1C(=O)NC(=S)Nc1ccccc1N1CCN(C(C)=O)CC1. The molecule has 2 N–H and O–H groups in total. The number of ether oxygens (including phenoxy) is 1. The number of carbonyl (C=O) groups is 2. The highest BCUT2D eigenvalue weighted by Crippen LogP contribution is 2.27. The molecule has 9 heteroatoms. The Labute approximate surface area is 189 Å². The van der Waals surface area contributed by atoms with E-state index in [0.717, 1.165) is 28.9 Å². The molecule has 2 amide bonds. The number of carbonyl (C=O) groups excluding carboxylic acids is 2. The van der Waals surface area contributed by atoms with Crippen molar-refractivity contribution in [3.63, 3.8) is 0 Å². The van der Waals surface area contributed by atoms with Crippen molar-refractivity contribution in [1.29, 1.82) is 0 Å². The number of para-hydroxylation sites is 2. The second kappa shape index (κ2) is 9.90. The lowest BCUT2D eigenvalue weighted by Gasteiger charge is -2.36. The quantitative estimate of drug-likeness (QED) is 0.640. The molecule has 1 fully saturated rings. The van der Waals surface area contributed by atoms with Crippen molar-refractivity contribution in [1.82, 2.24) is 10.2 Å². The van der Waals surface area contributed by atoms with Gasteiger partial charge in [0.2, 0.25) is 5.91 Å². The first kappa shape index (κ1) is 22.0. The highest BCUT2D eigenvalue weighted by atomic mass is 79.9. The predicted molar refractivity (Wildman–Crippen MR) is 125 cm³/mol. The van der Waals surface area contributed by atoms with E-state index < -0.39 is 0 Å². The van der Waals surface area contributed by atoms with Crippen molar-refractivity contribution >= 4 is 56.4 Å². The first-order chi connectivity index (χ1) is 14.4. The average Bonchev–Trinajstić information content (AvgIpc) is 2.74. The van der Waals surface area contributed by atoms with E-state index >= 15 is 0 Å². The highest BCUT2D eigenvalue weighted by molar-refractivity contribution is 9.10. The zero-order valence-electron chi connectivity index (χ0n) is 16.8. The second-order valence-corrected chi connectivity index (χ2v) is 8.09. The van der Waals surface area contributed by atoms with Gasteiger partial charge < -0.3 is 19.9 Å². The third-order valence-electron chi connectivity index (χ3n) is 4.85. The molecule has 1 aliphatic rings. The first-order valence-corrected chi connectivity index (χ1v) is 10.6. The van der Waals surface area contributed by atoms with Gasteiger partial charge in [0.15, 0.2) is 5.11 Å². The van der Waals surface area contributed by atoms with Gasteiger partial charge in [-0.05, 0) is 42.5 Å². The van der Waals surface area contributed by atoms with Crippen molar-refractivity contribution in [2.75, 3.05) is 43.5 Å². The number of benzene rings is 2. The van der Waals surface area contributed by atoms with Crippen LogP contribution in [0.3, 0.4) is 0 Å². The molecule has 0 unspecified atom stereocenters. The van der Waals surface area contributed by atoms with E-state index in [9.17, 15) is 9.59 Å². The zero-order chi connectivity index (χ0) is 21.7. The Bertz CT molecular complexity index is 961. The number of amides is 2. The summed E-state index contributed by atoms with van der Waals surface area (Å²) >= 11 is 8.74. The summed E-state index contributed by atoms with van der Waals surface area (Å²) in [5.74, 6) is 0.188. The summed E-state index contributed by atoms with van der Waals surface area (Å²) in [5.41, 5.74) is 2.14. The van der Waals surface area contributed by atoms with Crippen LogP contribution in [0.15, 0.2) is 46.9 Å². The van der Waals surface area contributed by atoms with E-state index in [0.29, 0.717) is 24.4 Å². The van der Waals surface area contributed by atoms with Crippen LogP contribution in [0.4, 0.5) is 11.4 Å². The number of anilines is 2. The number of rotatable bonds is 4. The number of nitrogens with one attached hydrogen (secondary N) is 2. The molecule has 1 saturated heterocycles. The number of nitrogens with zero attached hydrogens (tertiary/aromatic N) is 2. The molecule has 0 spiro atoms. The van der Waals surface area contributed by atoms with Gasteiger partial charge in [-0.2, -0.15) is 0 Å². The van der Waals surface area contributed by atoms with Crippen LogP contribution < -0.4 is 20.3 Å². The number of piperazine rings is 1. The van der Waals surface area contributed by atoms with E-state index in [1.807, 2.05) is 29.2 Å². The van der Waals surface area contributed by atoms with Gasteiger partial charge in [0, 0.05) is 37.6 Å². The number of hydrogen-bond acceptors (Lipinski definition) is 5. The molecule has 2 aromatic carbocycles. The maximum absolute atomic E-state index is 12.7. The summed E-state index contributed by atoms with van der Waals surface area (Å²) < 4.78 is 6.03. The van der Waals surface area contributed by atoms with Gasteiger partial charge in [-0.1, -0.05) is 28.1 Å². The normalized spacial score (nSPS) is 13.6. The summed E-state index contributed by atoms with van der Waals surface area (Å²) in [6, 6.07) is 12.9. The molecule has 0 atom stereocenters. The minimum atomic E-state index is -0.363. The first-order valence-electron chi connectivity index (χ1n) is 9.44. The maximum Gasteiger partial charge on any atom is 0.261 e. The van der Waals surface area contributed by atoms with Crippen LogP contribution in [-0.4, -0.2) is 55.1 Å². The largest absolute Gasteiger partial charge is 0.496 e. The van der Waals surface area contributed by atoms with Gasteiger partial charge >= 0.3 is 0 Å². The molecule has 158 valence electrons.